The topological polar surface area (TPSA) is 37.4 Å². The van der Waals surface area contributed by atoms with Crippen molar-refractivity contribution in [3.8, 4) is 5.75 Å². The van der Waals surface area contributed by atoms with Gasteiger partial charge >= 0.3 is 0 Å². The minimum Gasteiger partial charge on any atom is -0.484 e. The van der Waals surface area contributed by atoms with Crippen LogP contribution in [0.4, 0.5) is 11.5 Å². The van der Waals surface area contributed by atoms with Crippen LogP contribution in [-0.2, 0) is 0 Å². The van der Waals surface area contributed by atoms with E-state index in [0.717, 1.165) is 30.1 Å². The SMILES string of the molecule is CNc1ccnc(N(C)C)c1OC1CC1. The lowest BCUT2D eigenvalue weighted by atomic mass is 10.3. The molecule has 0 spiro atoms. The number of aromatic nitrogens is 1. The number of hydrogen-bond acceptors (Lipinski definition) is 4. The summed E-state index contributed by atoms with van der Waals surface area (Å²) in [4.78, 5) is 6.30. The smallest absolute Gasteiger partial charge is 0.185 e. The first kappa shape index (κ1) is 10.1. The second kappa shape index (κ2) is 3.96. The van der Waals surface area contributed by atoms with E-state index in [1.807, 2.05) is 32.1 Å². The predicted octanol–water partition coefficient (Wildman–Crippen LogP) is 1.73. The first-order valence-electron chi connectivity index (χ1n) is 5.23. The van der Waals surface area contributed by atoms with Gasteiger partial charge in [-0.1, -0.05) is 0 Å². The Morgan fingerprint density at radius 1 is 1.47 bits per heavy atom. The maximum atomic E-state index is 5.87. The van der Waals surface area contributed by atoms with E-state index < -0.39 is 0 Å². The largest absolute Gasteiger partial charge is 0.484 e. The summed E-state index contributed by atoms with van der Waals surface area (Å²) in [6.45, 7) is 0. The van der Waals surface area contributed by atoms with Gasteiger partial charge in [-0.05, 0) is 18.9 Å². The minimum absolute atomic E-state index is 0.389. The summed E-state index contributed by atoms with van der Waals surface area (Å²) >= 11 is 0. The summed E-state index contributed by atoms with van der Waals surface area (Å²) in [6.07, 6.45) is 4.50. The van der Waals surface area contributed by atoms with Crippen LogP contribution in [0.1, 0.15) is 12.8 Å². The molecule has 0 saturated heterocycles. The Labute approximate surface area is 90.3 Å². The van der Waals surface area contributed by atoms with Crippen LogP contribution in [0.5, 0.6) is 5.75 Å². The molecule has 0 bridgehead atoms. The quantitative estimate of drug-likeness (QED) is 0.816. The van der Waals surface area contributed by atoms with E-state index in [0.29, 0.717) is 6.10 Å². The van der Waals surface area contributed by atoms with Gasteiger partial charge in [-0.15, -0.1) is 0 Å². The Morgan fingerprint density at radius 2 is 2.20 bits per heavy atom. The second-order valence-electron chi connectivity index (χ2n) is 3.97. The third kappa shape index (κ3) is 2.14. The number of ether oxygens (including phenoxy) is 1. The maximum absolute atomic E-state index is 5.87. The van der Waals surface area contributed by atoms with Crippen molar-refractivity contribution in [3.63, 3.8) is 0 Å². The van der Waals surface area contributed by atoms with Crippen LogP contribution in [0.25, 0.3) is 0 Å². The molecule has 1 heterocycles. The fourth-order valence-corrected chi connectivity index (χ4v) is 1.42. The van der Waals surface area contributed by atoms with Crippen molar-refractivity contribution < 1.29 is 4.74 Å². The van der Waals surface area contributed by atoms with E-state index in [1.54, 1.807) is 6.20 Å². The van der Waals surface area contributed by atoms with Crippen LogP contribution < -0.4 is 15.0 Å². The summed E-state index contributed by atoms with van der Waals surface area (Å²) in [5.41, 5.74) is 1.00. The number of hydrogen-bond donors (Lipinski definition) is 1. The first-order chi connectivity index (χ1) is 7.22. The highest BCUT2D eigenvalue weighted by atomic mass is 16.5. The van der Waals surface area contributed by atoms with Gasteiger partial charge in [-0.25, -0.2) is 4.98 Å². The van der Waals surface area contributed by atoms with Crippen molar-refractivity contribution in [1.82, 2.24) is 4.98 Å². The molecule has 1 aliphatic rings. The Morgan fingerprint density at radius 3 is 2.73 bits per heavy atom. The molecule has 1 aromatic heterocycles. The van der Waals surface area contributed by atoms with E-state index in [9.17, 15) is 0 Å². The average molecular weight is 207 g/mol. The summed E-state index contributed by atoms with van der Waals surface area (Å²) in [5.74, 6) is 1.75. The second-order valence-corrected chi connectivity index (χ2v) is 3.97. The third-order valence-electron chi connectivity index (χ3n) is 2.39. The van der Waals surface area contributed by atoms with Gasteiger partial charge in [0.05, 0.1) is 11.8 Å². The zero-order valence-electron chi connectivity index (χ0n) is 9.45. The lowest BCUT2D eigenvalue weighted by molar-refractivity contribution is 0.304. The monoisotopic (exact) mass is 207 g/mol. The maximum Gasteiger partial charge on any atom is 0.185 e. The molecular weight excluding hydrogens is 190 g/mol. The Bertz CT molecular complexity index is 348. The van der Waals surface area contributed by atoms with E-state index in [-0.39, 0.29) is 0 Å². The molecule has 4 heteroatoms. The summed E-state index contributed by atoms with van der Waals surface area (Å²) in [5, 5.41) is 3.13. The highest BCUT2D eigenvalue weighted by Crippen LogP contribution is 2.37. The Hall–Kier alpha value is -1.45. The standard InChI is InChI=1S/C11H17N3O/c1-12-9-6-7-13-11(14(2)3)10(9)15-8-4-5-8/h6-8H,4-5H2,1-3H3,(H,12,13). The molecule has 0 atom stereocenters. The van der Waals surface area contributed by atoms with Crippen LogP contribution in [0.3, 0.4) is 0 Å². The van der Waals surface area contributed by atoms with Gasteiger partial charge < -0.3 is 15.0 Å². The summed E-state index contributed by atoms with van der Waals surface area (Å²) in [6, 6.07) is 1.94. The number of anilines is 2. The molecule has 0 amide bonds. The number of nitrogens with zero attached hydrogens (tertiary/aromatic N) is 2. The van der Waals surface area contributed by atoms with Gasteiger partial charge in [0.25, 0.3) is 0 Å². The highest BCUT2D eigenvalue weighted by Gasteiger charge is 2.26. The number of pyridine rings is 1. The molecule has 0 radical (unpaired) electrons. The van der Waals surface area contributed by atoms with Crippen molar-refractivity contribution in [1.29, 1.82) is 0 Å². The van der Waals surface area contributed by atoms with E-state index >= 15 is 0 Å². The van der Waals surface area contributed by atoms with E-state index in [1.165, 1.54) is 0 Å². The Kier molecular flexibility index (Phi) is 2.66. The lowest BCUT2D eigenvalue weighted by Crippen LogP contribution is -2.14. The molecule has 1 saturated carbocycles. The molecule has 1 fully saturated rings. The van der Waals surface area contributed by atoms with Gasteiger partial charge in [0.1, 0.15) is 0 Å². The lowest BCUT2D eigenvalue weighted by Gasteiger charge is -2.18. The van der Waals surface area contributed by atoms with E-state index in [4.69, 9.17) is 4.74 Å². The Balaban J connectivity index is 2.34. The summed E-state index contributed by atoms with van der Waals surface area (Å²) in [7, 11) is 5.84. The molecule has 1 aliphatic carbocycles. The molecular formula is C11H17N3O. The molecule has 1 N–H and O–H groups in total. The third-order valence-corrected chi connectivity index (χ3v) is 2.39. The van der Waals surface area contributed by atoms with Crippen molar-refractivity contribution in [3.05, 3.63) is 12.3 Å². The molecule has 1 aromatic rings. The van der Waals surface area contributed by atoms with Crippen LogP contribution in [-0.4, -0.2) is 32.2 Å². The first-order valence-corrected chi connectivity index (χ1v) is 5.23. The minimum atomic E-state index is 0.389. The van der Waals surface area contributed by atoms with Crippen molar-refractivity contribution >= 4 is 11.5 Å². The zero-order valence-corrected chi connectivity index (χ0v) is 9.45. The average Bonchev–Trinajstić information content (AvgIpc) is 3.01. The normalized spacial score (nSPS) is 14.9. The van der Waals surface area contributed by atoms with Gasteiger partial charge in [-0.3, -0.25) is 0 Å². The molecule has 15 heavy (non-hydrogen) atoms. The number of nitrogens with one attached hydrogen (secondary N) is 1. The van der Waals surface area contributed by atoms with Crippen LogP contribution in [0, 0.1) is 0 Å². The van der Waals surface area contributed by atoms with Crippen LogP contribution in [0.2, 0.25) is 0 Å². The molecule has 2 rings (SSSR count). The molecule has 0 aromatic carbocycles. The van der Waals surface area contributed by atoms with Gasteiger partial charge in [0.15, 0.2) is 11.6 Å². The number of rotatable bonds is 4. The predicted molar refractivity (Wildman–Crippen MR) is 61.8 cm³/mol. The van der Waals surface area contributed by atoms with E-state index in [2.05, 4.69) is 10.3 Å². The highest BCUT2D eigenvalue weighted by molar-refractivity contribution is 5.67. The fourth-order valence-electron chi connectivity index (χ4n) is 1.42. The zero-order chi connectivity index (χ0) is 10.8. The summed E-state index contributed by atoms with van der Waals surface area (Å²) < 4.78 is 5.87. The molecule has 4 nitrogen and oxygen atoms in total. The van der Waals surface area contributed by atoms with Gasteiger partial charge in [0, 0.05) is 27.3 Å². The van der Waals surface area contributed by atoms with Crippen LogP contribution in [0.15, 0.2) is 12.3 Å². The van der Waals surface area contributed by atoms with Gasteiger partial charge in [-0.2, -0.15) is 0 Å². The molecule has 0 unspecified atom stereocenters. The van der Waals surface area contributed by atoms with Gasteiger partial charge in [0.2, 0.25) is 0 Å². The fraction of sp³-hybridized carbons (Fsp3) is 0.545. The van der Waals surface area contributed by atoms with Crippen molar-refractivity contribution in [2.45, 2.75) is 18.9 Å². The van der Waals surface area contributed by atoms with Crippen molar-refractivity contribution in [2.75, 3.05) is 31.4 Å². The molecule has 0 aliphatic heterocycles. The van der Waals surface area contributed by atoms with Crippen LogP contribution >= 0.6 is 0 Å². The van der Waals surface area contributed by atoms with Crippen molar-refractivity contribution in [2.24, 2.45) is 0 Å². The molecule has 82 valence electrons.